The molecule has 0 aliphatic carbocycles. The van der Waals surface area contributed by atoms with E-state index < -0.39 is 11.6 Å². The van der Waals surface area contributed by atoms with Gasteiger partial charge in [0, 0.05) is 6.92 Å². The second kappa shape index (κ2) is 7.49. The average molecular weight is 318 g/mol. The minimum absolute atomic E-state index is 0.115. The van der Waals surface area contributed by atoms with Crippen LogP contribution in [0.25, 0.3) is 11.0 Å². The molecule has 0 saturated carbocycles. The maximum Gasteiger partial charge on any atom is 0.383 e. The predicted molar refractivity (Wildman–Crippen MR) is 85.0 cm³/mol. The molecular formula is C17H18O6. The zero-order valence-corrected chi connectivity index (χ0v) is 13.0. The molecule has 1 aromatic carbocycles. The van der Waals surface area contributed by atoms with E-state index in [1.54, 1.807) is 0 Å². The van der Waals surface area contributed by atoms with Gasteiger partial charge in [0.15, 0.2) is 5.75 Å². The number of phenols is 1. The van der Waals surface area contributed by atoms with Crippen molar-refractivity contribution >= 4 is 16.9 Å². The third-order valence-corrected chi connectivity index (χ3v) is 3.00. The van der Waals surface area contributed by atoms with Crippen LogP contribution in [0.2, 0.25) is 0 Å². The van der Waals surface area contributed by atoms with E-state index in [1.165, 1.54) is 25.1 Å². The summed E-state index contributed by atoms with van der Waals surface area (Å²) in [6.45, 7) is 3.43. The minimum Gasteiger partial charge on any atom is -0.507 e. The molecule has 0 atom stereocenters. The Labute approximate surface area is 132 Å². The van der Waals surface area contributed by atoms with E-state index in [9.17, 15) is 14.7 Å². The number of phenolic OH excluding ortho intramolecular Hbond substituents is 1. The molecule has 2 rings (SSSR count). The number of ether oxygens (including phenoxy) is 2. The molecule has 1 aromatic heterocycles. The molecule has 0 fully saturated rings. The van der Waals surface area contributed by atoms with Crippen molar-refractivity contribution in [1.29, 1.82) is 0 Å². The van der Waals surface area contributed by atoms with E-state index in [0.29, 0.717) is 6.42 Å². The number of carbonyl (C=O) groups is 1. The maximum atomic E-state index is 12.1. The van der Waals surface area contributed by atoms with Gasteiger partial charge in [0.2, 0.25) is 5.75 Å². The van der Waals surface area contributed by atoms with Gasteiger partial charge in [-0.15, -0.1) is 0 Å². The summed E-state index contributed by atoms with van der Waals surface area (Å²) in [6, 6.07) is 4.43. The monoisotopic (exact) mass is 318 g/mol. The first-order valence-electron chi connectivity index (χ1n) is 7.29. The highest BCUT2D eigenvalue weighted by Crippen LogP contribution is 2.38. The van der Waals surface area contributed by atoms with Crippen LogP contribution in [-0.4, -0.2) is 17.7 Å². The van der Waals surface area contributed by atoms with Gasteiger partial charge >= 0.3 is 11.6 Å². The Kier molecular flexibility index (Phi) is 5.41. The van der Waals surface area contributed by atoms with Crippen LogP contribution in [0.4, 0.5) is 0 Å². The van der Waals surface area contributed by atoms with Crippen molar-refractivity contribution < 1.29 is 23.8 Å². The van der Waals surface area contributed by atoms with Gasteiger partial charge in [-0.3, -0.25) is 4.79 Å². The number of hydrogen-bond acceptors (Lipinski definition) is 6. The van der Waals surface area contributed by atoms with Gasteiger partial charge in [-0.25, -0.2) is 4.79 Å². The van der Waals surface area contributed by atoms with Crippen molar-refractivity contribution in [2.45, 2.75) is 26.7 Å². The lowest BCUT2D eigenvalue weighted by atomic mass is 10.2. The second-order valence-corrected chi connectivity index (χ2v) is 4.81. The summed E-state index contributed by atoms with van der Waals surface area (Å²) in [5.41, 5.74) is -0.650. The zero-order valence-electron chi connectivity index (χ0n) is 13.0. The number of aromatic hydroxyl groups is 1. The molecule has 0 amide bonds. The summed E-state index contributed by atoms with van der Waals surface area (Å²) in [5, 5.41) is 10.1. The third kappa shape index (κ3) is 3.91. The number of esters is 1. The fourth-order valence-corrected chi connectivity index (χ4v) is 2.06. The normalized spacial score (nSPS) is 11.0. The summed E-state index contributed by atoms with van der Waals surface area (Å²) in [6.07, 6.45) is 5.40. The average Bonchev–Trinajstić information content (AvgIpc) is 2.48. The lowest BCUT2D eigenvalue weighted by Gasteiger charge is -2.12. The molecule has 6 heteroatoms. The van der Waals surface area contributed by atoms with Crippen LogP contribution < -0.4 is 15.1 Å². The van der Waals surface area contributed by atoms with Gasteiger partial charge in [0.1, 0.15) is 16.7 Å². The van der Waals surface area contributed by atoms with E-state index in [4.69, 9.17) is 13.9 Å². The molecule has 0 aliphatic rings. The van der Waals surface area contributed by atoms with Crippen LogP contribution in [0, 0.1) is 0 Å². The summed E-state index contributed by atoms with van der Waals surface area (Å²) in [4.78, 5) is 23.4. The quantitative estimate of drug-likeness (QED) is 0.381. The van der Waals surface area contributed by atoms with E-state index in [2.05, 4.69) is 0 Å². The topological polar surface area (TPSA) is 86.0 Å². The van der Waals surface area contributed by atoms with Crippen LogP contribution in [0.3, 0.4) is 0 Å². The van der Waals surface area contributed by atoms with Gasteiger partial charge in [-0.05, 0) is 25.0 Å². The van der Waals surface area contributed by atoms with Crippen molar-refractivity contribution in [2.75, 3.05) is 6.61 Å². The maximum absolute atomic E-state index is 12.1. The third-order valence-electron chi connectivity index (χ3n) is 3.00. The SMILES string of the molecule is CCC=CCCOc1c(OC(C)=O)c2c(O)cccc2oc1=O. The lowest BCUT2D eigenvalue weighted by Crippen LogP contribution is -2.13. The van der Waals surface area contributed by atoms with Crippen LogP contribution in [0.5, 0.6) is 17.2 Å². The summed E-state index contributed by atoms with van der Waals surface area (Å²) < 4.78 is 15.7. The Bertz CT molecular complexity index is 788. The van der Waals surface area contributed by atoms with Crippen molar-refractivity contribution in [3.8, 4) is 17.2 Å². The van der Waals surface area contributed by atoms with E-state index >= 15 is 0 Å². The fraction of sp³-hybridized carbons (Fsp3) is 0.294. The minimum atomic E-state index is -0.765. The van der Waals surface area contributed by atoms with E-state index in [0.717, 1.165) is 6.42 Å². The lowest BCUT2D eigenvalue weighted by molar-refractivity contribution is -0.131. The van der Waals surface area contributed by atoms with Gasteiger partial charge in [-0.2, -0.15) is 0 Å². The van der Waals surface area contributed by atoms with Gasteiger partial charge < -0.3 is 19.0 Å². The van der Waals surface area contributed by atoms with Crippen LogP contribution in [0.15, 0.2) is 39.6 Å². The molecule has 1 heterocycles. The number of hydrogen-bond donors (Lipinski definition) is 1. The molecule has 0 unspecified atom stereocenters. The molecule has 23 heavy (non-hydrogen) atoms. The highest BCUT2D eigenvalue weighted by atomic mass is 16.6. The molecule has 2 aromatic rings. The Morgan fingerprint density at radius 2 is 2.09 bits per heavy atom. The van der Waals surface area contributed by atoms with E-state index in [1.807, 2.05) is 19.1 Å². The smallest absolute Gasteiger partial charge is 0.383 e. The first-order valence-corrected chi connectivity index (χ1v) is 7.29. The Morgan fingerprint density at radius 3 is 2.78 bits per heavy atom. The van der Waals surface area contributed by atoms with Crippen molar-refractivity contribution in [3.05, 3.63) is 40.8 Å². The molecular weight excluding hydrogens is 300 g/mol. The molecule has 122 valence electrons. The molecule has 0 saturated heterocycles. The fourth-order valence-electron chi connectivity index (χ4n) is 2.06. The van der Waals surface area contributed by atoms with Gasteiger partial charge in [-0.1, -0.05) is 25.1 Å². The summed E-state index contributed by atoms with van der Waals surface area (Å²) in [5.74, 6) is -1.14. The molecule has 0 bridgehead atoms. The molecule has 0 radical (unpaired) electrons. The number of carbonyl (C=O) groups excluding carboxylic acids is 1. The van der Waals surface area contributed by atoms with E-state index in [-0.39, 0.29) is 34.8 Å². The Balaban J connectivity index is 2.47. The molecule has 1 N–H and O–H groups in total. The molecule has 0 aliphatic heterocycles. The van der Waals surface area contributed by atoms with Crippen LogP contribution in [0.1, 0.15) is 26.7 Å². The van der Waals surface area contributed by atoms with Crippen LogP contribution >= 0.6 is 0 Å². The number of rotatable bonds is 6. The summed E-state index contributed by atoms with van der Waals surface area (Å²) >= 11 is 0. The first kappa shape index (κ1) is 16.6. The number of fused-ring (bicyclic) bond motifs is 1. The van der Waals surface area contributed by atoms with Crippen LogP contribution in [-0.2, 0) is 4.79 Å². The molecule has 6 nitrogen and oxygen atoms in total. The molecule has 0 spiro atoms. The van der Waals surface area contributed by atoms with Crippen molar-refractivity contribution in [1.82, 2.24) is 0 Å². The largest absolute Gasteiger partial charge is 0.507 e. The van der Waals surface area contributed by atoms with Gasteiger partial charge in [0.25, 0.3) is 0 Å². The number of allylic oxidation sites excluding steroid dienone is 1. The highest BCUT2D eigenvalue weighted by molar-refractivity contribution is 5.93. The standard InChI is InChI=1S/C17H18O6/c1-3-4-5-6-10-21-16-15(22-11(2)18)14-12(19)8-7-9-13(14)23-17(16)20/h4-5,7-9,19H,3,6,10H2,1-2H3. The second-order valence-electron chi connectivity index (χ2n) is 4.81. The Morgan fingerprint density at radius 1 is 1.30 bits per heavy atom. The number of benzene rings is 1. The van der Waals surface area contributed by atoms with Gasteiger partial charge in [0.05, 0.1) is 6.61 Å². The zero-order chi connectivity index (χ0) is 16.8. The highest BCUT2D eigenvalue weighted by Gasteiger charge is 2.21. The first-order chi connectivity index (χ1) is 11.0. The van der Waals surface area contributed by atoms with Crippen molar-refractivity contribution in [3.63, 3.8) is 0 Å². The summed E-state index contributed by atoms with van der Waals surface area (Å²) in [7, 11) is 0. The predicted octanol–water partition coefficient (Wildman–Crippen LogP) is 3.16. The Hall–Kier alpha value is -2.76. The van der Waals surface area contributed by atoms with Crippen molar-refractivity contribution in [2.24, 2.45) is 0 Å².